The molecule has 3 aromatic rings. The van der Waals surface area contributed by atoms with Gasteiger partial charge in [0.2, 0.25) is 10.0 Å². The van der Waals surface area contributed by atoms with Crippen LogP contribution in [0.1, 0.15) is 15.9 Å². The summed E-state index contributed by atoms with van der Waals surface area (Å²) in [4.78, 5) is 15.2. The first-order valence-corrected chi connectivity index (χ1v) is 12.2. The van der Waals surface area contributed by atoms with Crippen LogP contribution < -0.4 is 4.90 Å². The lowest BCUT2D eigenvalue weighted by Gasteiger charge is -2.30. The predicted molar refractivity (Wildman–Crippen MR) is 121 cm³/mol. The summed E-state index contributed by atoms with van der Waals surface area (Å²) in [6, 6.07) is 12.6. The number of hydrogen-bond acceptors (Lipinski definition) is 7. The number of benzene rings is 2. The highest BCUT2D eigenvalue weighted by Crippen LogP contribution is 2.29. The number of hydrogen-bond donors (Lipinski definition) is 0. The average molecular weight is 461 g/mol. The summed E-state index contributed by atoms with van der Waals surface area (Å²) in [5.41, 5.74) is 1.82. The number of carbonyl (C=O) groups excluding carboxylic acids is 1. The first-order chi connectivity index (χ1) is 14.9. The minimum atomic E-state index is -3.68. The van der Waals surface area contributed by atoms with Gasteiger partial charge in [-0.1, -0.05) is 18.2 Å². The maximum Gasteiger partial charge on any atom is 0.340 e. The van der Waals surface area contributed by atoms with E-state index in [9.17, 15) is 13.2 Å². The first kappa shape index (κ1) is 21.8. The Morgan fingerprint density at radius 2 is 1.90 bits per heavy atom. The Balaban J connectivity index is 1.65. The number of morpholine rings is 1. The lowest BCUT2D eigenvalue weighted by molar-refractivity contribution is 0.0474. The van der Waals surface area contributed by atoms with Crippen molar-refractivity contribution in [3.05, 3.63) is 59.0 Å². The molecule has 0 N–H and O–H groups in total. The predicted octanol–water partition coefficient (Wildman–Crippen LogP) is 3.35. The van der Waals surface area contributed by atoms with Gasteiger partial charge in [0, 0.05) is 37.4 Å². The third-order valence-electron chi connectivity index (χ3n) is 5.24. The molecular weight excluding hydrogens is 436 g/mol. The molecule has 0 atom stereocenters. The second-order valence-corrected chi connectivity index (χ2v) is 10.5. The Morgan fingerprint density at radius 1 is 1.16 bits per heavy atom. The van der Waals surface area contributed by atoms with E-state index in [1.54, 1.807) is 17.4 Å². The molecule has 0 radical (unpaired) electrons. The Bertz CT molecular complexity index is 1200. The van der Waals surface area contributed by atoms with Crippen molar-refractivity contribution in [2.45, 2.75) is 11.5 Å². The molecule has 0 aliphatic carbocycles. The van der Waals surface area contributed by atoms with Crippen LogP contribution in [0, 0.1) is 0 Å². The lowest BCUT2D eigenvalue weighted by atomic mass is 10.1. The summed E-state index contributed by atoms with van der Waals surface area (Å²) < 4.78 is 38.6. The van der Waals surface area contributed by atoms with Gasteiger partial charge in [-0.2, -0.15) is 0 Å². The molecule has 9 heteroatoms. The van der Waals surface area contributed by atoms with E-state index in [0.29, 0.717) is 32.0 Å². The second kappa shape index (κ2) is 8.96. The van der Waals surface area contributed by atoms with Crippen LogP contribution in [0.25, 0.3) is 10.1 Å². The van der Waals surface area contributed by atoms with Crippen molar-refractivity contribution in [2.75, 3.05) is 45.3 Å². The fourth-order valence-electron chi connectivity index (χ4n) is 3.50. The largest absolute Gasteiger partial charge is 0.457 e. The highest BCUT2D eigenvalue weighted by molar-refractivity contribution is 7.89. The molecule has 0 unspecified atom stereocenters. The van der Waals surface area contributed by atoms with E-state index in [1.807, 2.05) is 34.5 Å². The number of carbonyl (C=O) groups is 1. The Labute approximate surface area is 185 Å². The molecule has 164 valence electrons. The SMILES string of the molecule is CN(C)S(=O)(=O)c1ccc(N2CCOCC2)c(C(=O)OCc2csc3ccccc23)c1. The van der Waals surface area contributed by atoms with Crippen LogP contribution >= 0.6 is 11.3 Å². The van der Waals surface area contributed by atoms with Gasteiger partial charge in [0.15, 0.2) is 0 Å². The zero-order valence-electron chi connectivity index (χ0n) is 17.4. The van der Waals surface area contributed by atoms with Crippen molar-refractivity contribution >= 4 is 43.1 Å². The van der Waals surface area contributed by atoms with Crippen molar-refractivity contribution in [2.24, 2.45) is 0 Å². The van der Waals surface area contributed by atoms with Crippen LogP contribution in [0.5, 0.6) is 0 Å². The van der Waals surface area contributed by atoms with Crippen LogP contribution in [0.3, 0.4) is 0 Å². The zero-order valence-corrected chi connectivity index (χ0v) is 19.0. The standard InChI is InChI=1S/C22H24N2O5S2/c1-23(2)31(26,27)17-7-8-20(24-9-11-28-12-10-24)19(13-17)22(25)29-14-16-15-30-21-6-4-3-5-18(16)21/h3-8,13,15H,9-12,14H2,1-2H3. The van der Waals surface area contributed by atoms with Gasteiger partial charge in [0.25, 0.3) is 0 Å². The van der Waals surface area contributed by atoms with Crippen molar-refractivity contribution in [3.8, 4) is 0 Å². The molecule has 1 fully saturated rings. The fourth-order valence-corrected chi connectivity index (χ4v) is 5.37. The summed E-state index contributed by atoms with van der Waals surface area (Å²) in [6.07, 6.45) is 0. The van der Waals surface area contributed by atoms with E-state index in [0.717, 1.165) is 20.0 Å². The van der Waals surface area contributed by atoms with Crippen LogP contribution in [0.15, 0.2) is 52.7 Å². The number of rotatable bonds is 6. The third kappa shape index (κ3) is 4.45. The summed E-state index contributed by atoms with van der Waals surface area (Å²) in [6.45, 7) is 2.46. The molecule has 1 saturated heterocycles. The molecule has 1 aromatic heterocycles. The third-order valence-corrected chi connectivity index (χ3v) is 8.06. The van der Waals surface area contributed by atoms with Gasteiger partial charge < -0.3 is 14.4 Å². The van der Waals surface area contributed by atoms with Gasteiger partial charge in [-0.25, -0.2) is 17.5 Å². The highest BCUT2D eigenvalue weighted by atomic mass is 32.2. The average Bonchev–Trinajstić information content (AvgIpc) is 3.20. The molecule has 2 aromatic carbocycles. The lowest BCUT2D eigenvalue weighted by Crippen LogP contribution is -2.37. The monoisotopic (exact) mass is 460 g/mol. The Hall–Kier alpha value is -2.46. The quantitative estimate of drug-likeness (QED) is 0.525. The van der Waals surface area contributed by atoms with Gasteiger partial charge in [-0.15, -0.1) is 11.3 Å². The Kier molecular flexibility index (Phi) is 6.29. The molecular formula is C22H24N2O5S2. The molecule has 1 aliphatic heterocycles. The van der Waals surface area contributed by atoms with Crippen molar-refractivity contribution in [1.29, 1.82) is 0 Å². The van der Waals surface area contributed by atoms with Gasteiger partial charge in [0.05, 0.1) is 29.4 Å². The molecule has 31 heavy (non-hydrogen) atoms. The maximum atomic E-state index is 13.1. The fraction of sp³-hybridized carbons (Fsp3) is 0.318. The number of esters is 1. The highest BCUT2D eigenvalue weighted by Gasteiger charge is 2.25. The molecule has 0 saturated carbocycles. The minimum absolute atomic E-state index is 0.0578. The second-order valence-electron chi connectivity index (χ2n) is 7.40. The van der Waals surface area contributed by atoms with Gasteiger partial charge in [0.1, 0.15) is 6.61 Å². The summed E-state index contributed by atoms with van der Waals surface area (Å²) in [7, 11) is -0.757. The smallest absolute Gasteiger partial charge is 0.340 e. The van der Waals surface area contributed by atoms with Crippen molar-refractivity contribution in [3.63, 3.8) is 0 Å². The van der Waals surface area contributed by atoms with Crippen molar-refractivity contribution < 1.29 is 22.7 Å². The zero-order chi connectivity index (χ0) is 22.0. The van der Waals surface area contributed by atoms with E-state index in [1.165, 1.54) is 26.2 Å². The van der Waals surface area contributed by atoms with E-state index >= 15 is 0 Å². The number of nitrogens with zero attached hydrogens (tertiary/aromatic N) is 2. The van der Waals surface area contributed by atoms with E-state index in [-0.39, 0.29) is 17.1 Å². The molecule has 0 bridgehead atoms. The molecule has 0 amide bonds. The minimum Gasteiger partial charge on any atom is -0.457 e. The number of fused-ring (bicyclic) bond motifs is 1. The normalized spacial score (nSPS) is 14.9. The van der Waals surface area contributed by atoms with Gasteiger partial charge in [-0.3, -0.25) is 0 Å². The number of ether oxygens (including phenoxy) is 2. The van der Waals surface area contributed by atoms with Gasteiger partial charge in [-0.05, 0) is 35.0 Å². The summed E-state index contributed by atoms with van der Waals surface area (Å²) in [5.74, 6) is -0.549. The van der Waals surface area contributed by atoms with Crippen LogP contribution in [-0.2, 0) is 26.1 Å². The maximum absolute atomic E-state index is 13.1. The van der Waals surface area contributed by atoms with E-state index in [4.69, 9.17) is 9.47 Å². The van der Waals surface area contributed by atoms with Crippen LogP contribution in [0.2, 0.25) is 0 Å². The molecule has 1 aliphatic rings. The van der Waals surface area contributed by atoms with Gasteiger partial charge >= 0.3 is 5.97 Å². The molecule has 4 rings (SSSR count). The summed E-state index contributed by atoms with van der Waals surface area (Å²) in [5, 5.41) is 3.03. The van der Waals surface area contributed by atoms with E-state index in [2.05, 4.69) is 0 Å². The molecule has 0 spiro atoms. The van der Waals surface area contributed by atoms with E-state index < -0.39 is 16.0 Å². The summed E-state index contributed by atoms with van der Waals surface area (Å²) >= 11 is 1.60. The number of thiophene rings is 1. The molecule has 7 nitrogen and oxygen atoms in total. The van der Waals surface area contributed by atoms with Crippen molar-refractivity contribution in [1.82, 2.24) is 4.31 Å². The number of anilines is 1. The molecule has 2 heterocycles. The van der Waals surface area contributed by atoms with Crippen LogP contribution in [0.4, 0.5) is 5.69 Å². The Morgan fingerprint density at radius 3 is 2.65 bits per heavy atom. The van der Waals surface area contributed by atoms with Crippen LogP contribution in [-0.4, -0.2) is 59.1 Å². The number of sulfonamides is 1. The topological polar surface area (TPSA) is 76.2 Å². The first-order valence-electron chi connectivity index (χ1n) is 9.89.